The van der Waals surface area contributed by atoms with Gasteiger partial charge in [-0.05, 0) is 23.5 Å². The van der Waals surface area contributed by atoms with Gasteiger partial charge in [-0.3, -0.25) is 4.90 Å². The van der Waals surface area contributed by atoms with Gasteiger partial charge in [-0.25, -0.2) is 4.39 Å². The molecule has 1 aliphatic carbocycles. The van der Waals surface area contributed by atoms with Crippen LogP contribution < -0.4 is 9.47 Å². The first-order valence-corrected chi connectivity index (χ1v) is 9.51. The third-order valence-electron chi connectivity index (χ3n) is 6.41. The van der Waals surface area contributed by atoms with Crippen LogP contribution in [-0.4, -0.2) is 55.1 Å². The van der Waals surface area contributed by atoms with E-state index in [1.807, 2.05) is 30.3 Å². The smallest absolute Gasteiger partial charge is 0.163 e. The summed E-state index contributed by atoms with van der Waals surface area (Å²) in [6.07, 6.45) is -0.557. The molecule has 1 spiro atoms. The van der Waals surface area contributed by atoms with Crippen LogP contribution in [0.2, 0.25) is 0 Å². The zero-order valence-corrected chi connectivity index (χ0v) is 16.1. The number of benzene rings is 2. The van der Waals surface area contributed by atoms with Gasteiger partial charge in [0.15, 0.2) is 11.5 Å². The van der Waals surface area contributed by atoms with Gasteiger partial charge in [0.1, 0.15) is 5.82 Å². The number of aliphatic hydroxyl groups is 2. The molecule has 2 aromatic carbocycles. The Balaban J connectivity index is 1.55. The zero-order chi connectivity index (χ0) is 19.9. The molecule has 4 atom stereocenters. The van der Waals surface area contributed by atoms with Gasteiger partial charge in [-0.15, -0.1) is 0 Å². The average molecular weight is 387 g/mol. The average Bonchev–Trinajstić information content (AvgIpc) is 3.26. The monoisotopic (exact) mass is 387 g/mol. The van der Waals surface area contributed by atoms with E-state index in [0.29, 0.717) is 36.7 Å². The molecule has 0 radical (unpaired) electrons. The van der Waals surface area contributed by atoms with Crippen molar-refractivity contribution in [2.45, 2.75) is 18.6 Å². The van der Waals surface area contributed by atoms with Crippen molar-refractivity contribution in [2.24, 2.45) is 11.3 Å². The Bertz CT molecular complexity index is 846. The van der Waals surface area contributed by atoms with Crippen LogP contribution in [0.5, 0.6) is 11.5 Å². The van der Waals surface area contributed by atoms with Gasteiger partial charge in [-0.1, -0.05) is 30.3 Å². The second-order valence-electron chi connectivity index (χ2n) is 7.77. The van der Waals surface area contributed by atoms with Gasteiger partial charge < -0.3 is 19.7 Å². The summed E-state index contributed by atoms with van der Waals surface area (Å²) in [4.78, 5) is 2.06. The minimum Gasteiger partial charge on any atom is -0.493 e. The second-order valence-corrected chi connectivity index (χ2v) is 7.77. The van der Waals surface area contributed by atoms with Crippen LogP contribution >= 0.6 is 0 Å². The minimum absolute atomic E-state index is 0.0187. The highest BCUT2D eigenvalue weighted by atomic mass is 19.1. The van der Waals surface area contributed by atoms with Gasteiger partial charge in [-0.2, -0.15) is 0 Å². The van der Waals surface area contributed by atoms with Crippen LogP contribution in [0.15, 0.2) is 42.5 Å². The summed E-state index contributed by atoms with van der Waals surface area (Å²) in [6.45, 7) is 1.47. The molecule has 0 bridgehead atoms. The van der Waals surface area contributed by atoms with Crippen molar-refractivity contribution in [1.82, 2.24) is 4.90 Å². The first-order chi connectivity index (χ1) is 13.5. The molecule has 0 amide bonds. The van der Waals surface area contributed by atoms with Crippen LogP contribution in [0, 0.1) is 17.2 Å². The van der Waals surface area contributed by atoms with Crippen molar-refractivity contribution < 1.29 is 24.1 Å². The number of hydrogen-bond donors (Lipinski definition) is 2. The third kappa shape index (κ3) is 2.96. The van der Waals surface area contributed by atoms with E-state index in [-0.39, 0.29) is 29.7 Å². The van der Waals surface area contributed by atoms with Gasteiger partial charge in [0.25, 0.3) is 0 Å². The molecule has 1 aliphatic heterocycles. The molecule has 1 heterocycles. The van der Waals surface area contributed by atoms with E-state index >= 15 is 0 Å². The van der Waals surface area contributed by atoms with Crippen molar-refractivity contribution >= 4 is 0 Å². The maximum Gasteiger partial charge on any atom is 0.163 e. The molecule has 0 unspecified atom stereocenters. The number of methoxy groups -OCH3 is 2. The molecule has 2 aromatic rings. The lowest BCUT2D eigenvalue weighted by atomic mass is 9.95. The first-order valence-electron chi connectivity index (χ1n) is 9.51. The molecule has 0 aromatic heterocycles. The standard InChI is InChI=1S/C22H26FNO4/c1-27-18-8-15(17(23)9-19(18)28-2)10-24-11-20(26)22(13-24)16(12-25)21(22)14-6-4-3-5-7-14/h3-9,16,20-21,25-26H,10-13H2,1-2H3/t16-,20+,21-,22-/m1/s1. The van der Waals surface area contributed by atoms with Crippen LogP contribution in [0.25, 0.3) is 0 Å². The summed E-state index contributed by atoms with van der Waals surface area (Å²) < 4.78 is 25.0. The zero-order valence-electron chi connectivity index (χ0n) is 16.1. The summed E-state index contributed by atoms with van der Waals surface area (Å²) in [5.74, 6) is 0.616. The first kappa shape index (κ1) is 19.2. The predicted octanol–water partition coefficient (Wildman–Crippen LogP) is 2.41. The minimum atomic E-state index is -0.557. The summed E-state index contributed by atoms with van der Waals surface area (Å²) in [7, 11) is 3.00. The Hall–Kier alpha value is -2.15. The lowest BCUT2D eigenvalue weighted by molar-refractivity contribution is 0.111. The number of ether oxygens (including phenoxy) is 2. The Morgan fingerprint density at radius 3 is 2.46 bits per heavy atom. The third-order valence-corrected chi connectivity index (χ3v) is 6.41. The van der Waals surface area contributed by atoms with E-state index in [1.165, 1.54) is 20.3 Å². The number of likely N-dealkylation sites (tertiary alicyclic amines) is 1. The highest BCUT2D eigenvalue weighted by molar-refractivity contribution is 5.44. The molecule has 1 saturated heterocycles. The molecular weight excluding hydrogens is 361 g/mol. The molecular formula is C22H26FNO4. The van der Waals surface area contributed by atoms with E-state index in [4.69, 9.17) is 9.47 Å². The van der Waals surface area contributed by atoms with Crippen LogP contribution in [0.1, 0.15) is 17.0 Å². The van der Waals surface area contributed by atoms with Crippen molar-refractivity contribution in [3.05, 3.63) is 59.4 Å². The fourth-order valence-corrected chi connectivity index (χ4v) is 5.04. The number of halogens is 1. The Kier molecular flexibility index (Phi) is 5.04. The van der Waals surface area contributed by atoms with Crippen molar-refractivity contribution in [2.75, 3.05) is 33.9 Å². The van der Waals surface area contributed by atoms with Gasteiger partial charge in [0, 0.05) is 43.3 Å². The maximum absolute atomic E-state index is 14.5. The highest BCUT2D eigenvalue weighted by Gasteiger charge is 2.70. The van der Waals surface area contributed by atoms with E-state index in [9.17, 15) is 14.6 Å². The van der Waals surface area contributed by atoms with Crippen molar-refractivity contribution in [3.63, 3.8) is 0 Å². The molecule has 1 saturated carbocycles. The summed E-state index contributed by atoms with van der Waals surface area (Å²) in [5, 5.41) is 20.8. The summed E-state index contributed by atoms with van der Waals surface area (Å²) >= 11 is 0. The van der Waals surface area contributed by atoms with E-state index in [2.05, 4.69) is 4.90 Å². The molecule has 5 nitrogen and oxygen atoms in total. The number of β-amino-alcohol motifs (C(OH)–C–C–N with tert-alkyl or cyclic N) is 1. The number of nitrogens with zero attached hydrogens (tertiary/aromatic N) is 1. The van der Waals surface area contributed by atoms with Crippen LogP contribution in [0.4, 0.5) is 4.39 Å². The normalized spacial score (nSPS) is 29.2. The lowest BCUT2D eigenvalue weighted by Gasteiger charge is -2.18. The van der Waals surface area contributed by atoms with E-state index in [1.54, 1.807) is 6.07 Å². The van der Waals surface area contributed by atoms with Gasteiger partial charge in [0.2, 0.25) is 0 Å². The van der Waals surface area contributed by atoms with Crippen molar-refractivity contribution in [1.29, 1.82) is 0 Å². The second kappa shape index (κ2) is 7.35. The predicted molar refractivity (Wildman–Crippen MR) is 103 cm³/mol. The van der Waals surface area contributed by atoms with Gasteiger partial charge in [0.05, 0.1) is 20.3 Å². The summed E-state index contributed by atoms with van der Waals surface area (Å²) in [5.41, 5.74) is 1.27. The molecule has 2 fully saturated rings. The van der Waals surface area contributed by atoms with Gasteiger partial charge >= 0.3 is 0 Å². The Labute approximate surface area is 164 Å². The lowest BCUT2D eigenvalue weighted by Crippen LogP contribution is -2.23. The Morgan fingerprint density at radius 1 is 1.14 bits per heavy atom. The van der Waals surface area contributed by atoms with Crippen molar-refractivity contribution in [3.8, 4) is 11.5 Å². The van der Waals surface area contributed by atoms with Crippen LogP contribution in [0.3, 0.4) is 0 Å². The fraction of sp³-hybridized carbons (Fsp3) is 0.455. The molecule has 2 N–H and O–H groups in total. The molecule has 150 valence electrons. The van der Waals surface area contributed by atoms with Crippen LogP contribution in [-0.2, 0) is 6.54 Å². The quantitative estimate of drug-likeness (QED) is 0.797. The molecule has 28 heavy (non-hydrogen) atoms. The molecule has 6 heteroatoms. The maximum atomic E-state index is 14.5. The van der Waals surface area contributed by atoms with E-state index < -0.39 is 6.10 Å². The van der Waals surface area contributed by atoms with E-state index in [0.717, 1.165) is 5.56 Å². The largest absolute Gasteiger partial charge is 0.493 e. The SMILES string of the molecule is COc1cc(F)c(CN2C[C@H](O)[C@@]3(C2)[C@H](CO)[C@H]3c2ccccc2)cc1OC. The number of rotatable bonds is 6. The topological polar surface area (TPSA) is 62.2 Å². The molecule has 2 aliphatic rings. The fourth-order valence-electron chi connectivity index (χ4n) is 5.04. The number of aliphatic hydroxyl groups excluding tert-OH is 2. The Morgan fingerprint density at radius 2 is 1.82 bits per heavy atom. The number of hydrogen-bond acceptors (Lipinski definition) is 5. The summed E-state index contributed by atoms with van der Waals surface area (Å²) in [6, 6.07) is 13.0. The molecule has 4 rings (SSSR count). The highest BCUT2D eigenvalue weighted by Crippen LogP contribution is 2.68.